The summed E-state index contributed by atoms with van der Waals surface area (Å²) in [4.78, 5) is 13.3. The van der Waals surface area contributed by atoms with E-state index in [1.165, 1.54) is 0 Å². The molecule has 2 aromatic carbocycles. The largest absolute Gasteiger partial charge is 0.481 e. The van der Waals surface area contributed by atoms with Crippen molar-refractivity contribution in [2.75, 3.05) is 11.6 Å². The Morgan fingerprint density at radius 2 is 1.91 bits per heavy atom. The van der Waals surface area contributed by atoms with E-state index < -0.39 is 6.10 Å². The average Bonchev–Trinajstić information content (AvgIpc) is 2.51. The van der Waals surface area contributed by atoms with Crippen LogP contribution in [0.15, 0.2) is 47.4 Å². The van der Waals surface area contributed by atoms with Crippen LogP contribution < -0.4 is 10.1 Å². The Morgan fingerprint density at radius 1 is 1.23 bits per heavy atom. The normalized spacial score (nSPS) is 11.8. The SMILES string of the molecule is CSc1ccc(NC(=O)C(C)Oc2ccc(Cl)c(C)c2)cc1. The van der Waals surface area contributed by atoms with Crippen molar-refractivity contribution in [3.05, 3.63) is 53.1 Å². The van der Waals surface area contributed by atoms with Crippen molar-refractivity contribution in [2.45, 2.75) is 24.8 Å². The summed E-state index contributed by atoms with van der Waals surface area (Å²) in [6.07, 6.45) is 1.42. The molecule has 0 saturated heterocycles. The molecule has 5 heteroatoms. The van der Waals surface area contributed by atoms with E-state index >= 15 is 0 Å². The Balaban J connectivity index is 1.97. The van der Waals surface area contributed by atoms with Crippen molar-refractivity contribution in [3.63, 3.8) is 0 Å². The number of rotatable bonds is 5. The van der Waals surface area contributed by atoms with Gasteiger partial charge in [0.05, 0.1) is 0 Å². The number of anilines is 1. The van der Waals surface area contributed by atoms with Gasteiger partial charge in [-0.2, -0.15) is 0 Å². The predicted molar refractivity (Wildman–Crippen MR) is 93.1 cm³/mol. The molecule has 2 rings (SSSR count). The van der Waals surface area contributed by atoms with Gasteiger partial charge in [-0.3, -0.25) is 4.79 Å². The van der Waals surface area contributed by atoms with Crippen LogP contribution in [0.25, 0.3) is 0 Å². The summed E-state index contributed by atoms with van der Waals surface area (Å²) in [7, 11) is 0. The molecule has 2 aromatic rings. The summed E-state index contributed by atoms with van der Waals surface area (Å²) in [6.45, 7) is 3.61. The third-order valence-electron chi connectivity index (χ3n) is 3.17. The van der Waals surface area contributed by atoms with E-state index in [0.29, 0.717) is 10.8 Å². The molecule has 1 unspecified atom stereocenters. The first-order chi connectivity index (χ1) is 10.5. The minimum atomic E-state index is -0.596. The highest BCUT2D eigenvalue weighted by molar-refractivity contribution is 7.98. The molecule has 0 aliphatic heterocycles. The van der Waals surface area contributed by atoms with Gasteiger partial charge in [0.25, 0.3) is 5.91 Å². The zero-order valence-electron chi connectivity index (χ0n) is 12.7. The van der Waals surface area contributed by atoms with Gasteiger partial charge in [-0.25, -0.2) is 0 Å². The minimum absolute atomic E-state index is 0.190. The first kappa shape index (κ1) is 16.7. The van der Waals surface area contributed by atoms with Crippen LogP contribution in [0.5, 0.6) is 5.75 Å². The molecule has 0 fully saturated rings. The van der Waals surface area contributed by atoms with Crippen LogP contribution in [0, 0.1) is 6.92 Å². The highest BCUT2D eigenvalue weighted by Gasteiger charge is 2.15. The van der Waals surface area contributed by atoms with Gasteiger partial charge in [0.1, 0.15) is 5.75 Å². The molecule has 0 heterocycles. The number of hydrogen-bond acceptors (Lipinski definition) is 3. The van der Waals surface area contributed by atoms with Crippen molar-refractivity contribution >= 4 is 35.0 Å². The molecule has 0 bridgehead atoms. The summed E-state index contributed by atoms with van der Waals surface area (Å²) in [5.41, 5.74) is 1.67. The third kappa shape index (κ3) is 4.42. The zero-order valence-corrected chi connectivity index (χ0v) is 14.3. The summed E-state index contributed by atoms with van der Waals surface area (Å²) in [5.74, 6) is 0.437. The van der Waals surface area contributed by atoms with Gasteiger partial charge in [-0.05, 0) is 68.1 Å². The number of ether oxygens (including phenoxy) is 1. The highest BCUT2D eigenvalue weighted by atomic mass is 35.5. The first-order valence-electron chi connectivity index (χ1n) is 6.87. The van der Waals surface area contributed by atoms with E-state index in [9.17, 15) is 4.79 Å². The van der Waals surface area contributed by atoms with Gasteiger partial charge < -0.3 is 10.1 Å². The van der Waals surface area contributed by atoms with Crippen LogP contribution in [-0.2, 0) is 4.79 Å². The molecular weight excluding hydrogens is 318 g/mol. The van der Waals surface area contributed by atoms with Crippen LogP contribution in [0.4, 0.5) is 5.69 Å². The van der Waals surface area contributed by atoms with Crippen LogP contribution >= 0.6 is 23.4 Å². The van der Waals surface area contributed by atoms with E-state index in [1.807, 2.05) is 43.5 Å². The van der Waals surface area contributed by atoms with Crippen LogP contribution in [0.3, 0.4) is 0 Å². The second-order valence-electron chi connectivity index (χ2n) is 4.89. The van der Waals surface area contributed by atoms with Crippen molar-refractivity contribution in [1.29, 1.82) is 0 Å². The number of benzene rings is 2. The van der Waals surface area contributed by atoms with Gasteiger partial charge >= 0.3 is 0 Å². The lowest BCUT2D eigenvalue weighted by Gasteiger charge is -2.15. The topological polar surface area (TPSA) is 38.3 Å². The molecule has 0 aliphatic carbocycles. The van der Waals surface area contributed by atoms with Crippen molar-refractivity contribution < 1.29 is 9.53 Å². The lowest BCUT2D eigenvalue weighted by molar-refractivity contribution is -0.122. The Kier molecular flexibility index (Phi) is 5.75. The number of thioether (sulfide) groups is 1. The Bertz CT molecular complexity index is 658. The number of hydrogen-bond donors (Lipinski definition) is 1. The second-order valence-corrected chi connectivity index (χ2v) is 6.18. The van der Waals surface area contributed by atoms with Crippen LogP contribution in [-0.4, -0.2) is 18.3 Å². The predicted octanol–water partition coefficient (Wildman–Crippen LogP) is 4.78. The Morgan fingerprint density at radius 3 is 2.50 bits per heavy atom. The Hall–Kier alpha value is -1.65. The van der Waals surface area contributed by atoms with Crippen molar-refractivity contribution in [3.8, 4) is 5.75 Å². The van der Waals surface area contributed by atoms with Gasteiger partial charge in [0.15, 0.2) is 6.10 Å². The smallest absolute Gasteiger partial charge is 0.265 e. The lowest BCUT2D eigenvalue weighted by atomic mass is 10.2. The maximum Gasteiger partial charge on any atom is 0.265 e. The standard InChI is InChI=1S/C17H18ClNO2S/c1-11-10-14(6-9-16(11)18)21-12(2)17(20)19-13-4-7-15(22-3)8-5-13/h4-10,12H,1-3H3,(H,19,20). The molecule has 1 N–H and O–H groups in total. The molecule has 0 radical (unpaired) electrons. The number of carbonyl (C=O) groups is 1. The van der Waals surface area contributed by atoms with Crippen LogP contribution in [0.1, 0.15) is 12.5 Å². The summed E-state index contributed by atoms with van der Waals surface area (Å²) >= 11 is 7.63. The van der Waals surface area contributed by atoms with Gasteiger partial charge in [0.2, 0.25) is 0 Å². The summed E-state index contributed by atoms with van der Waals surface area (Å²) < 4.78 is 5.65. The quantitative estimate of drug-likeness (QED) is 0.799. The van der Waals surface area contributed by atoms with Crippen molar-refractivity contribution in [2.24, 2.45) is 0 Å². The van der Waals surface area contributed by atoms with Crippen LogP contribution in [0.2, 0.25) is 5.02 Å². The van der Waals surface area contributed by atoms with E-state index in [0.717, 1.165) is 16.1 Å². The highest BCUT2D eigenvalue weighted by Crippen LogP contribution is 2.22. The number of amides is 1. The van der Waals surface area contributed by atoms with Gasteiger partial charge in [-0.15, -0.1) is 11.8 Å². The number of aryl methyl sites for hydroxylation is 1. The molecule has 0 spiro atoms. The molecule has 1 amide bonds. The lowest BCUT2D eigenvalue weighted by Crippen LogP contribution is -2.30. The number of nitrogens with one attached hydrogen (secondary N) is 1. The first-order valence-corrected chi connectivity index (χ1v) is 8.47. The average molecular weight is 336 g/mol. The molecule has 0 aromatic heterocycles. The molecule has 0 aliphatic rings. The van der Waals surface area contributed by atoms with E-state index in [4.69, 9.17) is 16.3 Å². The fourth-order valence-electron chi connectivity index (χ4n) is 1.87. The van der Waals surface area contributed by atoms with E-state index in [1.54, 1.807) is 30.8 Å². The Labute approximate surface area is 140 Å². The summed E-state index contributed by atoms with van der Waals surface area (Å²) in [5, 5.41) is 3.52. The second kappa shape index (κ2) is 7.56. The molecular formula is C17H18ClNO2S. The fourth-order valence-corrected chi connectivity index (χ4v) is 2.39. The monoisotopic (exact) mass is 335 g/mol. The summed E-state index contributed by atoms with van der Waals surface area (Å²) in [6, 6.07) is 13.0. The van der Waals surface area contributed by atoms with E-state index in [-0.39, 0.29) is 5.91 Å². The fraction of sp³-hybridized carbons (Fsp3) is 0.235. The van der Waals surface area contributed by atoms with Gasteiger partial charge in [0, 0.05) is 15.6 Å². The maximum atomic E-state index is 12.2. The molecule has 1 atom stereocenters. The maximum absolute atomic E-state index is 12.2. The third-order valence-corrected chi connectivity index (χ3v) is 4.34. The molecule has 3 nitrogen and oxygen atoms in total. The minimum Gasteiger partial charge on any atom is -0.481 e. The molecule has 22 heavy (non-hydrogen) atoms. The number of carbonyl (C=O) groups excluding carboxylic acids is 1. The molecule has 0 saturated carbocycles. The van der Waals surface area contributed by atoms with E-state index in [2.05, 4.69) is 5.32 Å². The zero-order chi connectivity index (χ0) is 16.1. The molecule has 116 valence electrons. The van der Waals surface area contributed by atoms with Gasteiger partial charge in [-0.1, -0.05) is 11.6 Å². The number of halogens is 1. The van der Waals surface area contributed by atoms with Crippen molar-refractivity contribution in [1.82, 2.24) is 0 Å².